The zero-order chi connectivity index (χ0) is 13.6. The molecule has 4 nitrogen and oxygen atoms in total. The van der Waals surface area contributed by atoms with Crippen LogP contribution in [-0.2, 0) is 14.3 Å². The van der Waals surface area contributed by atoms with Crippen LogP contribution in [0.5, 0.6) is 0 Å². The highest BCUT2D eigenvalue weighted by molar-refractivity contribution is 5.80. The van der Waals surface area contributed by atoms with Crippen LogP contribution >= 0.6 is 0 Å². The van der Waals surface area contributed by atoms with E-state index in [4.69, 9.17) is 9.47 Å². The summed E-state index contributed by atoms with van der Waals surface area (Å²) in [5, 5.41) is 3.32. The third-order valence-electron chi connectivity index (χ3n) is 3.20. The number of methoxy groups -OCH3 is 1. The number of hydrogen-bond donors (Lipinski definition) is 1. The lowest BCUT2D eigenvalue weighted by atomic mass is 10.0. The fourth-order valence-electron chi connectivity index (χ4n) is 1.93. The third kappa shape index (κ3) is 5.36. The molecule has 1 fully saturated rings. The van der Waals surface area contributed by atoms with E-state index in [2.05, 4.69) is 19.2 Å². The first-order chi connectivity index (χ1) is 8.48. The summed E-state index contributed by atoms with van der Waals surface area (Å²) in [7, 11) is 1.42. The molecule has 0 amide bonds. The van der Waals surface area contributed by atoms with Crippen molar-refractivity contribution in [2.24, 2.45) is 5.92 Å². The largest absolute Gasteiger partial charge is 0.468 e. The second-order valence-corrected chi connectivity index (χ2v) is 5.83. The molecule has 0 bridgehead atoms. The number of carbonyl (C=O) groups is 1. The van der Waals surface area contributed by atoms with E-state index in [0.29, 0.717) is 25.2 Å². The lowest BCUT2D eigenvalue weighted by Gasteiger charge is -2.27. The van der Waals surface area contributed by atoms with E-state index in [1.807, 2.05) is 6.92 Å². The van der Waals surface area contributed by atoms with Crippen LogP contribution in [0.4, 0.5) is 0 Å². The Labute approximate surface area is 110 Å². The number of carbonyl (C=O) groups excluding carboxylic acids is 1. The average Bonchev–Trinajstić information content (AvgIpc) is 3.10. The third-order valence-corrected chi connectivity index (χ3v) is 3.20. The maximum absolute atomic E-state index is 11.8. The van der Waals surface area contributed by atoms with E-state index in [1.54, 1.807) is 0 Å². The van der Waals surface area contributed by atoms with Gasteiger partial charge in [-0.3, -0.25) is 5.32 Å². The Morgan fingerprint density at radius 3 is 2.61 bits per heavy atom. The van der Waals surface area contributed by atoms with E-state index in [1.165, 1.54) is 7.11 Å². The van der Waals surface area contributed by atoms with Crippen LogP contribution in [0, 0.1) is 5.92 Å². The van der Waals surface area contributed by atoms with Crippen LogP contribution in [0.25, 0.3) is 0 Å². The minimum Gasteiger partial charge on any atom is -0.468 e. The molecule has 0 saturated heterocycles. The van der Waals surface area contributed by atoms with Crippen LogP contribution in [0.15, 0.2) is 0 Å². The molecule has 0 radical (unpaired) electrons. The number of hydrogen-bond acceptors (Lipinski definition) is 4. The highest BCUT2D eigenvalue weighted by Gasteiger charge is 2.39. The summed E-state index contributed by atoms with van der Waals surface area (Å²) >= 11 is 0. The van der Waals surface area contributed by atoms with E-state index < -0.39 is 5.54 Å². The molecular weight excluding hydrogens is 230 g/mol. The van der Waals surface area contributed by atoms with Crippen LogP contribution in [0.3, 0.4) is 0 Å². The van der Waals surface area contributed by atoms with Gasteiger partial charge in [-0.2, -0.15) is 0 Å². The lowest BCUT2D eigenvalue weighted by Crippen LogP contribution is -2.54. The van der Waals surface area contributed by atoms with Gasteiger partial charge in [0, 0.05) is 12.6 Å². The van der Waals surface area contributed by atoms with E-state index in [0.717, 1.165) is 25.7 Å². The summed E-state index contributed by atoms with van der Waals surface area (Å²) < 4.78 is 10.5. The van der Waals surface area contributed by atoms with Gasteiger partial charge in [0.15, 0.2) is 0 Å². The molecule has 0 aromatic carbocycles. The number of esters is 1. The van der Waals surface area contributed by atoms with Crippen molar-refractivity contribution in [1.29, 1.82) is 0 Å². The van der Waals surface area contributed by atoms with E-state index in [9.17, 15) is 4.79 Å². The average molecular weight is 257 g/mol. The SMILES string of the molecule is COC(=O)C(C)(COCCCC(C)C)NC1CC1. The van der Waals surface area contributed by atoms with Gasteiger partial charge in [-0.15, -0.1) is 0 Å². The van der Waals surface area contributed by atoms with Gasteiger partial charge in [-0.05, 0) is 38.5 Å². The van der Waals surface area contributed by atoms with Gasteiger partial charge in [0.25, 0.3) is 0 Å². The summed E-state index contributed by atoms with van der Waals surface area (Å²) in [4.78, 5) is 11.8. The fourth-order valence-corrected chi connectivity index (χ4v) is 1.93. The van der Waals surface area contributed by atoms with E-state index >= 15 is 0 Å². The molecule has 106 valence electrons. The first-order valence-corrected chi connectivity index (χ1v) is 6.92. The maximum Gasteiger partial charge on any atom is 0.328 e. The zero-order valence-electron chi connectivity index (χ0n) is 12.1. The van der Waals surface area contributed by atoms with Gasteiger partial charge in [-0.1, -0.05) is 13.8 Å². The number of ether oxygens (including phenoxy) is 2. The van der Waals surface area contributed by atoms with Gasteiger partial charge in [0.05, 0.1) is 13.7 Å². The molecule has 0 spiro atoms. The number of nitrogens with one attached hydrogen (secondary N) is 1. The first-order valence-electron chi connectivity index (χ1n) is 6.92. The van der Waals surface area contributed by atoms with Crippen LogP contribution in [0.2, 0.25) is 0 Å². The smallest absolute Gasteiger partial charge is 0.328 e. The molecule has 1 N–H and O–H groups in total. The standard InChI is InChI=1S/C14H27NO3/c1-11(2)6-5-9-18-10-14(3,13(16)17-4)15-12-7-8-12/h11-12,15H,5-10H2,1-4H3. The topological polar surface area (TPSA) is 47.6 Å². The van der Waals surface area contributed by atoms with Gasteiger partial charge in [0.1, 0.15) is 5.54 Å². The monoisotopic (exact) mass is 257 g/mol. The summed E-state index contributed by atoms with van der Waals surface area (Å²) in [6.07, 6.45) is 4.48. The molecule has 0 aromatic rings. The first kappa shape index (κ1) is 15.4. The van der Waals surface area contributed by atoms with Crippen molar-refractivity contribution in [3.8, 4) is 0 Å². The van der Waals surface area contributed by atoms with Gasteiger partial charge in [0.2, 0.25) is 0 Å². The Hall–Kier alpha value is -0.610. The molecule has 0 heterocycles. The molecule has 1 unspecified atom stereocenters. The minimum absolute atomic E-state index is 0.238. The summed E-state index contributed by atoms with van der Waals surface area (Å²) in [5.41, 5.74) is -0.701. The Morgan fingerprint density at radius 2 is 2.11 bits per heavy atom. The summed E-state index contributed by atoms with van der Waals surface area (Å²) in [6, 6.07) is 0.452. The molecule has 1 atom stereocenters. The molecule has 4 heteroatoms. The quantitative estimate of drug-likeness (QED) is 0.508. The van der Waals surface area contributed by atoms with Gasteiger partial charge < -0.3 is 9.47 Å². The van der Waals surface area contributed by atoms with Crippen molar-refractivity contribution in [3.63, 3.8) is 0 Å². The summed E-state index contributed by atoms with van der Waals surface area (Å²) in [6.45, 7) is 7.35. The summed E-state index contributed by atoms with van der Waals surface area (Å²) in [5.74, 6) is 0.462. The maximum atomic E-state index is 11.8. The molecular formula is C14H27NO3. The molecule has 1 aliphatic carbocycles. The predicted molar refractivity (Wildman–Crippen MR) is 71.5 cm³/mol. The van der Waals surface area contributed by atoms with Crippen molar-refractivity contribution < 1.29 is 14.3 Å². The zero-order valence-corrected chi connectivity index (χ0v) is 12.1. The Balaban J connectivity index is 2.29. The fraction of sp³-hybridized carbons (Fsp3) is 0.929. The van der Waals surface area contributed by atoms with Crippen LogP contribution < -0.4 is 5.32 Å². The van der Waals surface area contributed by atoms with Crippen molar-refractivity contribution in [2.75, 3.05) is 20.3 Å². The normalized spacial score (nSPS) is 18.7. The Bertz CT molecular complexity index is 264. The van der Waals surface area contributed by atoms with Crippen molar-refractivity contribution in [1.82, 2.24) is 5.32 Å². The highest BCUT2D eigenvalue weighted by Crippen LogP contribution is 2.23. The second-order valence-electron chi connectivity index (χ2n) is 5.83. The molecule has 18 heavy (non-hydrogen) atoms. The van der Waals surface area contributed by atoms with E-state index in [-0.39, 0.29) is 5.97 Å². The Kier molecular flexibility index (Phi) is 6.09. The Morgan fingerprint density at radius 1 is 1.44 bits per heavy atom. The predicted octanol–water partition coefficient (Wildman–Crippen LogP) is 2.12. The van der Waals surface area contributed by atoms with Gasteiger partial charge >= 0.3 is 5.97 Å². The van der Waals surface area contributed by atoms with Gasteiger partial charge in [-0.25, -0.2) is 4.79 Å². The van der Waals surface area contributed by atoms with Crippen molar-refractivity contribution in [2.45, 2.75) is 58.0 Å². The number of rotatable bonds is 9. The lowest BCUT2D eigenvalue weighted by molar-refractivity contribution is -0.150. The highest BCUT2D eigenvalue weighted by atomic mass is 16.5. The minimum atomic E-state index is -0.701. The van der Waals surface area contributed by atoms with Crippen LogP contribution in [0.1, 0.15) is 46.5 Å². The van der Waals surface area contributed by atoms with Crippen molar-refractivity contribution in [3.05, 3.63) is 0 Å². The molecule has 1 aliphatic rings. The van der Waals surface area contributed by atoms with Crippen LogP contribution in [-0.4, -0.2) is 37.9 Å². The molecule has 1 saturated carbocycles. The molecule has 0 aliphatic heterocycles. The van der Waals surface area contributed by atoms with Crippen molar-refractivity contribution >= 4 is 5.97 Å². The molecule has 0 aromatic heterocycles. The molecule has 1 rings (SSSR count). The second kappa shape index (κ2) is 7.10.